The average Bonchev–Trinajstić information content (AvgIpc) is 2.27. The fourth-order valence-electron chi connectivity index (χ4n) is 1.51. The summed E-state index contributed by atoms with van der Waals surface area (Å²) in [6.45, 7) is 4.70. The highest BCUT2D eigenvalue weighted by Gasteiger charge is 2.13. The van der Waals surface area contributed by atoms with Gasteiger partial charge in [0.05, 0.1) is 0 Å². The maximum Gasteiger partial charge on any atom is 0.148 e. The van der Waals surface area contributed by atoms with Crippen molar-refractivity contribution in [2.24, 2.45) is 5.84 Å². The first-order valence-corrected chi connectivity index (χ1v) is 7.14. The Morgan fingerprint density at radius 2 is 2.06 bits per heavy atom. The molecule has 0 spiro atoms. The van der Waals surface area contributed by atoms with E-state index >= 15 is 0 Å². The SMILES string of the molecule is CC(C)c1c(NN)ncnc1NCCS(C)=O. The minimum Gasteiger partial charge on any atom is -0.369 e. The summed E-state index contributed by atoms with van der Waals surface area (Å²) in [6, 6.07) is 0. The van der Waals surface area contributed by atoms with Gasteiger partial charge >= 0.3 is 0 Å². The van der Waals surface area contributed by atoms with E-state index in [2.05, 4.69) is 20.7 Å². The average molecular weight is 257 g/mol. The Balaban J connectivity index is 2.86. The molecule has 1 atom stereocenters. The fraction of sp³-hybridized carbons (Fsp3) is 0.600. The second-order valence-electron chi connectivity index (χ2n) is 3.99. The summed E-state index contributed by atoms with van der Waals surface area (Å²) in [6.07, 6.45) is 3.13. The Kier molecular flexibility index (Phi) is 5.30. The Labute approximate surface area is 104 Å². The molecule has 0 aliphatic heterocycles. The van der Waals surface area contributed by atoms with Crippen molar-refractivity contribution in [1.82, 2.24) is 9.97 Å². The number of nitrogens with zero attached hydrogens (tertiary/aromatic N) is 2. The second-order valence-corrected chi connectivity index (χ2v) is 5.54. The molecule has 0 fully saturated rings. The third kappa shape index (κ3) is 3.94. The van der Waals surface area contributed by atoms with E-state index in [1.54, 1.807) is 6.26 Å². The maximum atomic E-state index is 11.0. The summed E-state index contributed by atoms with van der Waals surface area (Å²) in [4.78, 5) is 8.26. The van der Waals surface area contributed by atoms with E-state index in [-0.39, 0.29) is 5.92 Å². The molecule has 0 aromatic carbocycles. The topological polar surface area (TPSA) is 92.9 Å². The molecule has 1 rings (SSSR count). The second kappa shape index (κ2) is 6.51. The van der Waals surface area contributed by atoms with Gasteiger partial charge in [0.15, 0.2) is 0 Å². The van der Waals surface area contributed by atoms with Crippen LogP contribution in [0.1, 0.15) is 25.3 Å². The molecule has 1 unspecified atom stereocenters. The zero-order valence-corrected chi connectivity index (χ0v) is 11.2. The van der Waals surface area contributed by atoms with Crippen molar-refractivity contribution in [3.63, 3.8) is 0 Å². The van der Waals surface area contributed by atoms with Crippen LogP contribution in [0.4, 0.5) is 11.6 Å². The summed E-state index contributed by atoms with van der Waals surface area (Å²) in [7, 11) is -0.810. The standard InChI is InChI=1S/C10H19N5OS/c1-7(2)8-9(12-4-5-17(3)16)13-6-14-10(8)15-11/h6-7H,4-5,11H2,1-3H3,(H2,12,13,14,15). The third-order valence-corrected chi connectivity index (χ3v) is 3.06. The van der Waals surface area contributed by atoms with E-state index in [0.29, 0.717) is 18.1 Å². The van der Waals surface area contributed by atoms with Crippen LogP contribution in [0.25, 0.3) is 0 Å². The number of nitrogens with two attached hydrogens (primary N) is 1. The van der Waals surface area contributed by atoms with Crippen molar-refractivity contribution < 1.29 is 4.21 Å². The highest BCUT2D eigenvalue weighted by Crippen LogP contribution is 2.27. The Morgan fingerprint density at radius 3 is 2.59 bits per heavy atom. The van der Waals surface area contributed by atoms with Gasteiger partial charge in [-0.05, 0) is 5.92 Å². The molecule has 0 amide bonds. The molecule has 7 heteroatoms. The van der Waals surface area contributed by atoms with Crippen LogP contribution in [0.3, 0.4) is 0 Å². The third-order valence-electron chi connectivity index (χ3n) is 2.28. The zero-order chi connectivity index (χ0) is 12.8. The van der Waals surface area contributed by atoms with Crippen molar-refractivity contribution in [3.8, 4) is 0 Å². The number of rotatable bonds is 6. The van der Waals surface area contributed by atoms with Crippen LogP contribution in [-0.4, -0.2) is 32.7 Å². The van der Waals surface area contributed by atoms with Crippen molar-refractivity contribution in [2.45, 2.75) is 19.8 Å². The molecule has 1 heterocycles. The molecule has 4 N–H and O–H groups in total. The Morgan fingerprint density at radius 1 is 1.41 bits per heavy atom. The Bertz CT molecular complexity index is 396. The lowest BCUT2D eigenvalue weighted by molar-refractivity contribution is 0.687. The predicted octanol–water partition coefficient (Wildman–Crippen LogP) is 0.676. The van der Waals surface area contributed by atoms with Gasteiger partial charge in [-0.3, -0.25) is 4.21 Å². The molecular weight excluding hydrogens is 238 g/mol. The number of hydrogen-bond acceptors (Lipinski definition) is 6. The van der Waals surface area contributed by atoms with Crippen molar-refractivity contribution >= 4 is 22.4 Å². The smallest absolute Gasteiger partial charge is 0.148 e. The molecule has 17 heavy (non-hydrogen) atoms. The molecule has 96 valence electrons. The minimum absolute atomic E-state index is 0.247. The van der Waals surface area contributed by atoms with Gasteiger partial charge in [-0.15, -0.1) is 0 Å². The van der Waals surface area contributed by atoms with E-state index in [4.69, 9.17) is 5.84 Å². The van der Waals surface area contributed by atoms with E-state index < -0.39 is 10.8 Å². The van der Waals surface area contributed by atoms with Crippen LogP contribution < -0.4 is 16.6 Å². The summed E-state index contributed by atoms with van der Waals surface area (Å²) >= 11 is 0. The first kappa shape index (κ1) is 13.9. The first-order chi connectivity index (χ1) is 8.06. The molecule has 0 saturated carbocycles. The summed E-state index contributed by atoms with van der Waals surface area (Å²) in [5.74, 6) is 7.62. The first-order valence-electron chi connectivity index (χ1n) is 5.41. The molecule has 0 saturated heterocycles. The molecule has 0 radical (unpaired) electrons. The number of anilines is 2. The highest BCUT2D eigenvalue weighted by atomic mass is 32.2. The van der Waals surface area contributed by atoms with E-state index in [1.165, 1.54) is 6.33 Å². The van der Waals surface area contributed by atoms with Gasteiger partial charge in [0.25, 0.3) is 0 Å². The van der Waals surface area contributed by atoms with Crippen LogP contribution in [-0.2, 0) is 10.8 Å². The van der Waals surface area contributed by atoms with Crippen molar-refractivity contribution in [3.05, 3.63) is 11.9 Å². The van der Waals surface area contributed by atoms with Crippen LogP contribution in [0.2, 0.25) is 0 Å². The maximum absolute atomic E-state index is 11.0. The quantitative estimate of drug-likeness (QED) is 0.512. The van der Waals surface area contributed by atoms with Gasteiger partial charge in [0.2, 0.25) is 0 Å². The number of nitrogen functional groups attached to an aromatic ring is 1. The van der Waals surface area contributed by atoms with E-state index in [1.807, 2.05) is 13.8 Å². The molecule has 6 nitrogen and oxygen atoms in total. The van der Waals surface area contributed by atoms with Gasteiger partial charge in [-0.25, -0.2) is 15.8 Å². The van der Waals surface area contributed by atoms with Gasteiger partial charge in [0, 0.05) is 34.9 Å². The normalized spacial score (nSPS) is 12.5. The number of nitrogens with one attached hydrogen (secondary N) is 2. The highest BCUT2D eigenvalue weighted by molar-refractivity contribution is 7.84. The number of hydrazine groups is 1. The van der Waals surface area contributed by atoms with Crippen LogP contribution >= 0.6 is 0 Å². The lowest BCUT2D eigenvalue weighted by Crippen LogP contribution is -2.17. The van der Waals surface area contributed by atoms with Gasteiger partial charge < -0.3 is 10.7 Å². The summed E-state index contributed by atoms with van der Waals surface area (Å²) in [5, 5.41) is 3.16. The lowest BCUT2D eigenvalue weighted by atomic mass is 10.0. The number of aromatic nitrogens is 2. The van der Waals surface area contributed by atoms with Crippen molar-refractivity contribution in [1.29, 1.82) is 0 Å². The Hall–Kier alpha value is -1.21. The summed E-state index contributed by atoms with van der Waals surface area (Å²) in [5.41, 5.74) is 3.51. The van der Waals surface area contributed by atoms with Gasteiger partial charge in [0.1, 0.15) is 18.0 Å². The zero-order valence-electron chi connectivity index (χ0n) is 10.4. The van der Waals surface area contributed by atoms with E-state index in [0.717, 1.165) is 11.4 Å². The largest absolute Gasteiger partial charge is 0.369 e. The summed E-state index contributed by atoms with van der Waals surface area (Å²) < 4.78 is 11.0. The van der Waals surface area contributed by atoms with Crippen LogP contribution in [0.15, 0.2) is 6.33 Å². The molecule has 0 bridgehead atoms. The van der Waals surface area contributed by atoms with E-state index in [9.17, 15) is 4.21 Å². The predicted molar refractivity (Wildman–Crippen MR) is 71.4 cm³/mol. The molecule has 1 aromatic rings. The fourth-order valence-corrected chi connectivity index (χ4v) is 1.90. The van der Waals surface area contributed by atoms with Crippen molar-refractivity contribution in [2.75, 3.05) is 29.3 Å². The minimum atomic E-state index is -0.810. The van der Waals surface area contributed by atoms with Gasteiger partial charge in [-0.1, -0.05) is 13.8 Å². The molecule has 1 aromatic heterocycles. The molecule has 0 aliphatic carbocycles. The lowest BCUT2D eigenvalue weighted by Gasteiger charge is -2.16. The molecule has 0 aliphatic rings. The monoisotopic (exact) mass is 257 g/mol. The van der Waals surface area contributed by atoms with Crippen LogP contribution in [0.5, 0.6) is 0 Å². The van der Waals surface area contributed by atoms with Crippen LogP contribution in [0, 0.1) is 0 Å². The number of hydrogen-bond donors (Lipinski definition) is 3. The molecular formula is C10H19N5OS. The van der Waals surface area contributed by atoms with Gasteiger partial charge in [-0.2, -0.15) is 0 Å².